The van der Waals surface area contributed by atoms with Gasteiger partial charge in [0.25, 0.3) is 0 Å². The molecule has 0 bridgehead atoms. The molecule has 4 aromatic rings. The minimum Gasteiger partial charge on any atom is -0.405 e. The Hall–Kier alpha value is -5.15. The van der Waals surface area contributed by atoms with E-state index in [9.17, 15) is 0 Å². The zero-order chi connectivity index (χ0) is 33.8. The highest BCUT2D eigenvalue weighted by atomic mass is 15.2. The van der Waals surface area contributed by atoms with Crippen LogP contribution in [0.15, 0.2) is 169 Å². The first-order valence-electron chi connectivity index (χ1n) is 16.7. The van der Waals surface area contributed by atoms with E-state index in [1.54, 1.807) is 0 Å². The van der Waals surface area contributed by atoms with Gasteiger partial charge in [-0.3, -0.25) is 4.99 Å². The molecule has 0 saturated carbocycles. The average Bonchev–Trinajstić information content (AvgIpc) is 3.13. The summed E-state index contributed by atoms with van der Waals surface area (Å²) in [6, 6.07) is 40.8. The van der Waals surface area contributed by atoms with Crippen molar-refractivity contribution in [2.75, 3.05) is 4.90 Å². The Balaban J connectivity index is 0.000000947. The van der Waals surface area contributed by atoms with Gasteiger partial charge in [0.15, 0.2) is 0 Å². The standard InChI is InChI=1S/C40H38N2.C2H5N.C2H6/c1-5-31-26-34(28(2)25-38(33-19-11-7-12-20-33)41-29(3)32-17-9-6-10-18-32)27-37-36-23-15-16-24-39(36)42(30(4)40(31)37)35-21-13-8-14-22-35;1-2-3;1-2/h6-27,30-31,40H,2,5H2,1,3-4H3;2H,1,3H2;1-2H3/b38-25-,41-29?;;. The largest absolute Gasteiger partial charge is 0.405 e. The van der Waals surface area contributed by atoms with Crippen LogP contribution in [0.4, 0.5) is 11.4 Å². The summed E-state index contributed by atoms with van der Waals surface area (Å²) in [6.45, 7) is 18.5. The quantitative estimate of drug-likeness (QED) is 0.165. The Bertz CT molecular complexity index is 1740. The average molecular weight is 620 g/mol. The fourth-order valence-corrected chi connectivity index (χ4v) is 6.56. The summed E-state index contributed by atoms with van der Waals surface area (Å²) in [5.41, 5.74) is 16.1. The van der Waals surface area contributed by atoms with Crippen molar-refractivity contribution < 1.29 is 0 Å². The molecule has 4 aromatic carbocycles. The summed E-state index contributed by atoms with van der Waals surface area (Å²) in [6.07, 6.45) is 9.32. The lowest BCUT2D eigenvalue weighted by Crippen LogP contribution is -2.43. The van der Waals surface area contributed by atoms with Crippen molar-refractivity contribution in [2.45, 2.75) is 47.1 Å². The van der Waals surface area contributed by atoms with Crippen molar-refractivity contribution in [1.82, 2.24) is 0 Å². The molecule has 3 heteroatoms. The number of rotatable bonds is 7. The fraction of sp³-hybridized carbons (Fsp3) is 0.205. The van der Waals surface area contributed by atoms with Crippen molar-refractivity contribution in [3.8, 4) is 0 Å². The van der Waals surface area contributed by atoms with Gasteiger partial charge in [-0.25, -0.2) is 0 Å². The molecular formula is C44H49N3. The monoisotopic (exact) mass is 619 g/mol. The van der Waals surface area contributed by atoms with Gasteiger partial charge in [0.2, 0.25) is 0 Å². The normalized spacial score (nSPS) is 18.5. The van der Waals surface area contributed by atoms with Crippen LogP contribution in [0, 0.1) is 11.8 Å². The van der Waals surface area contributed by atoms with Crippen molar-refractivity contribution in [2.24, 2.45) is 22.6 Å². The van der Waals surface area contributed by atoms with E-state index < -0.39 is 0 Å². The highest BCUT2D eigenvalue weighted by Gasteiger charge is 2.40. The van der Waals surface area contributed by atoms with Crippen molar-refractivity contribution in [1.29, 1.82) is 0 Å². The molecule has 1 aliphatic heterocycles. The zero-order valence-corrected chi connectivity index (χ0v) is 28.6. The van der Waals surface area contributed by atoms with Crippen LogP contribution in [0.1, 0.15) is 57.7 Å². The molecule has 1 heterocycles. The van der Waals surface area contributed by atoms with Gasteiger partial charge in [-0.15, -0.1) is 0 Å². The van der Waals surface area contributed by atoms with E-state index in [1.165, 1.54) is 34.3 Å². The van der Waals surface area contributed by atoms with Gasteiger partial charge in [0, 0.05) is 40.2 Å². The summed E-state index contributed by atoms with van der Waals surface area (Å²) in [4.78, 5) is 7.66. The van der Waals surface area contributed by atoms with E-state index in [-0.39, 0.29) is 0 Å². The summed E-state index contributed by atoms with van der Waals surface area (Å²) in [7, 11) is 0. The predicted molar refractivity (Wildman–Crippen MR) is 206 cm³/mol. The van der Waals surface area contributed by atoms with Gasteiger partial charge in [-0.05, 0) is 78.9 Å². The number of anilines is 2. The Kier molecular flexibility index (Phi) is 12.5. The second-order valence-electron chi connectivity index (χ2n) is 11.5. The smallest absolute Gasteiger partial charge is 0.0711 e. The van der Waals surface area contributed by atoms with Crippen LogP contribution < -0.4 is 10.6 Å². The van der Waals surface area contributed by atoms with Crippen molar-refractivity contribution in [3.05, 3.63) is 181 Å². The number of nitrogens with two attached hydrogens (primary N) is 1. The Morgan fingerprint density at radius 2 is 1.36 bits per heavy atom. The van der Waals surface area contributed by atoms with Crippen LogP contribution >= 0.6 is 0 Å². The number of fused-ring (bicyclic) bond motifs is 3. The Morgan fingerprint density at radius 3 is 1.96 bits per heavy atom. The van der Waals surface area contributed by atoms with Gasteiger partial charge in [-0.2, -0.15) is 0 Å². The van der Waals surface area contributed by atoms with Crippen LogP contribution in [0.25, 0.3) is 11.3 Å². The van der Waals surface area contributed by atoms with Crippen molar-refractivity contribution in [3.63, 3.8) is 0 Å². The number of hydrogen-bond donors (Lipinski definition) is 1. The predicted octanol–water partition coefficient (Wildman–Crippen LogP) is 11.4. The first-order valence-corrected chi connectivity index (χ1v) is 16.7. The number of hydrogen-bond acceptors (Lipinski definition) is 3. The topological polar surface area (TPSA) is 41.6 Å². The van der Waals surface area contributed by atoms with E-state index >= 15 is 0 Å². The molecule has 0 radical (unpaired) electrons. The van der Waals surface area contributed by atoms with Gasteiger partial charge in [-0.1, -0.05) is 143 Å². The highest BCUT2D eigenvalue weighted by Crippen LogP contribution is 2.51. The lowest BCUT2D eigenvalue weighted by molar-refractivity contribution is 0.400. The third-order valence-electron chi connectivity index (χ3n) is 8.66. The Morgan fingerprint density at radius 1 is 0.830 bits per heavy atom. The summed E-state index contributed by atoms with van der Waals surface area (Å²) in [5, 5.41) is 0. The van der Waals surface area contributed by atoms with E-state index in [1.807, 2.05) is 26.0 Å². The minimum absolute atomic E-state index is 0.318. The van der Waals surface area contributed by atoms with Gasteiger partial charge < -0.3 is 10.6 Å². The molecule has 0 fully saturated rings. The van der Waals surface area contributed by atoms with Crippen LogP contribution in [0.3, 0.4) is 0 Å². The molecule has 0 aromatic heterocycles. The van der Waals surface area contributed by atoms with Crippen molar-refractivity contribution >= 4 is 28.4 Å². The van der Waals surface area contributed by atoms with E-state index in [0.29, 0.717) is 17.9 Å². The maximum atomic E-state index is 5.13. The maximum Gasteiger partial charge on any atom is 0.0711 e. The molecule has 6 rings (SSSR count). The molecule has 3 unspecified atom stereocenters. The number of nitrogens with zero attached hydrogens (tertiary/aromatic N) is 2. The molecule has 1 aliphatic carbocycles. The first kappa shape index (κ1) is 34.7. The van der Waals surface area contributed by atoms with Gasteiger partial charge in [0.05, 0.1) is 5.70 Å². The van der Waals surface area contributed by atoms with Gasteiger partial charge >= 0.3 is 0 Å². The van der Waals surface area contributed by atoms with Crippen LogP contribution in [-0.4, -0.2) is 11.8 Å². The second-order valence-corrected chi connectivity index (χ2v) is 11.5. The molecule has 2 aliphatic rings. The number of aliphatic imine (C=N–C) groups is 1. The van der Waals surface area contributed by atoms with Crippen LogP contribution in [0.5, 0.6) is 0 Å². The molecular weight excluding hydrogens is 571 g/mol. The van der Waals surface area contributed by atoms with E-state index in [2.05, 4.69) is 166 Å². The number of benzene rings is 4. The summed E-state index contributed by atoms with van der Waals surface area (Å²) < 4.78 is 0. The molecule has 0 saturated heterocycles. The second kappa shape index (κ2) is 17.0. The summed E-state index contributed by atoms with van der Waals surface area (Å²) >= 11 is 0. The lowest BCUT2D eigenvalue weighted by Gasteiger charge is -2.47. The SMILES string of the molecule is C=C(/C=C(\N=C(C)c1ccccc1)c1ccccc1)C1=CC(CC)C2C(=C1)c1ccccc1N(c1ccccc1)C2C.C=CN.CC. The molecule has 3 atom stereocenters. The summed E-state index contributed by atoms with van der Waals surface area (Å²) in [5.74, 6) is 0.784. The molecule has 3 nitrogen and oxygen atoms in total. The number of para-hydroxylation sites is 2. The molecule has 0 spiro atoms. The van der Waals surface area contributed by atoms with E-state index in [4.69, 9.17) is 4.99 Å². The molecule has 0 amide bonds. The minimum atomic E-state index is 0.318. The maximum absolute atomic E-state index is 5.13. The molecule has 47 heavy (non-hydrogen) atoms. The van der Waals surface area contributed by atoms with Gasteiger partial charge in [0.1, 0.15) is 0 Å². The lowest BCUT2D eigenvalue weighted by atomic mass is 9.69. The molecule has 2 N–H and O–H groups in total. The van der Waals surface area contributed by atoms with E-state index in [0.717, 1.165) is 34.5 Å². The zero-order valence-electron chi connectivity index (χ0n) is 28.6. The third-order valence-corrected chi connectivity index (χ3v) is 8.66. The van der Waals surface area contributed by atoms with Crippen LogP contribution in [0.2, 0.25) is 0 Å². The Labute approximate surface area is 282 Å². The molecule has 240 valence electrons. The highest BCUT2D eigenvalue weighted by molar-refractivity contribution is 6.02. The third kappa shape index (κ3) is 7.99. The van der Waals surface area contributed by atoms with Crippen LogP contribution in [-0.2, 0) is 0 Å². The fourth-order valence-electron chi connectivity index (χ4n) is 6.56. The first-order chi connectivity index (χ1) is 23.0. The number of allylic oxidation sites excluding steroid dienone is 5.